The maximum Gasteiger partial charge on any atom is 0.112 e. The largest absolute Gasteiger partial charge is 0.391 e. The molecule has 0 aliphatic heterocycles. The maximum absolute atomic E-state index is 9.35. The molecule has 5 heteroatoms. The summed E-state index contributed by atoms with van der Waals surface area (Å²) in [6.45, 7) is 3.74. The van der Waals surface area contributed by atoms with Crippen LogP contribution in [0.25, 0.3) is 0 Å². The zero-order chi connectivity index (χ0) is 11.1. The van der Waals surface area contributed by atoms with Gasteiger partial charge in [0, 0.05) is 20.2 Å². The first kappa shape index (κ1) is 13.9. The minimum absolute atomic E-state index is 0.215. The molecule has 82 valence electrons. The minimum Gasteiger partial charge on any atom is -0.391 e. The van der Waals surface area contributed by atoms with Crippen molar-refractivity contribution >= 4 is 7.85 Å². The van der Waals surface area contributed by atoms with E-state index in [2.05, 4.69) is 0 Å². The molecule has 1 unspecified atom stereocenters. The number of rotatable bonds is 7. The molecule has 0 aromatic rings. The van der Waals surface area contributed by atoms with E-state index in [4.69, 9.17) is 22.1 Å². The Bertz CT molecular complexity index is 143. The van der Waals surface area contributed by atoms with Crippen LogP contribution in [0.2, 0.25) is 0 Å². The first-order chi connectivity index (χ1) is 6.52. The molecule has 1 N–H and O–H groups in total. The third kappa shape index (κ3) is 4.95. The smallest absolute Gasteiger partial charge is 0.112 e. The second-order valence-corrected chi connectivity index (χ2v) is 3.28. The molecule has 0 rings (SSSR count). The fourth-order valence-corrected chi connectivity index (χ4v) is 0.903. The standard InChI is InChI=1S/C9H19BO4/c1-6(11)8(5-12-3)14-9(10)7(2)13-4/h6-9,11H,5H2,1-4H3/t6-,7+,8+,9?/m0/s1. The molecule has 0 aromatic carbocycles. The predicted molar refractivity (Wildman–Crippen MR) is 54.4 cm³/mol. The molecule has 0 aromatic heterocycles. The highest BCUT2D eigenvalue weighted by atomic mass is 16.6. The van der Waals surface area contributed by atoms with E-state index in [1.54, 1.807) is 28.1 Å². The predicted octanol–water partition coefficient (Wildman–Crippen LogP) is -0.0717. The average molecular weight is 202 g/mol. The number of aliphatic hydroxyl groups excluding tert-OH is 1. The van der Waals surface area contributed by atoms with E-state index in [1.165, 1.54) is 0 Å². The van der Waals surface area contributed by atoms with E-state index in [1.807, 2.05) is 0 Å². The summed E-state index contributed by atoms with van der Waals surface area (Å²) < 4.78 is 15.3. The van der Waals surface area contributed by atoms with Crippen LogP contribution in [0.5, 0.6) is 0 Å². The van der Waals surface area contributed by atoms with Crippen LogP contribution in [-0.2, 0) is 14.2 Å². The van der Waals surface area contributed by atoms with Crippen molar-refractivity contribution < 1.29 is 19.3 Å². The highest BCUT2D eigenvalue weighted by Gasteiger charge is 2.21. The lowest BCUT2D eigenvalue weighted by molar-refractivity contribution is -0.106. The van der Waals surface area contributed by atoms with E-state index in [0.29, 0.717) is 6.61 Å². The second-order valence-electron chi connectivity index (χ2n) is 3.28. The number of hydrogen-bond donors (Lipinski definition) is 1. The van der Waals surface area contributed by atoms with Crippen molar-refractivity contribution in [3.8, 4) is 0 Å². The molecular formula is C9H19BO4. The van der Waals surface area contributed by atoms with Gasteiger partial charge in [0.25, 0.3) is 0 Å². The van der Waals surface area contributed by atoms with Gasteiger partial charge in [-0.25, -0.2) is 0 Å². The van der Waals surface area contributed by atoms with Gasteiger partial charge < -0.3 is 19.3 Å². The molecule has 0 saturated heterocycles. The van der Waals surface area contributed by atoms with Crippen LogP contribution in [0, 0.1) is 0 Å². The van der Waals surface area contributed by atoms with Crippen LogP contribution in [0.3, 0.4) is 0 Å². The summed E-state index contributed by atoms with van der Waals surface area (Å²) in [6, 6.07) is -0.560. The van der Waals surface area contributed by atoms with Gasteiger partial charge in [-0.15, -0.1) is 0 Å². The van der Waals surface area contributed by atoms with Crippen LogP contribution < -0.4 is 0 Å². The molecule has 14 heavy (non-hydrogen) atoms. The van der Waals surface area contributed by atoms with Gasteiger partial charge in [-0.05, 0) is 13.8 Å². The summed E-state index contributed by atoms with van der Waals surface area (Å²) >= 11 is 0. The summed E-state index contributed by atoms with van der Waals surface area (Å²) in [6.07, 6.45) is -1.26. The second kappa shape index (κ2) is 7.23. The van der Waals surface area contributed by atoms with Crippen LogP contribution in [-0.4, -0.2) is 58.1 Å². The van der Waals surface area contributed by atoms with Gasteiger partial charge in [-0.1, -0.05) is 0 Å². The Balaban J connectivity index is 4.01. The van der Waals surface area contributed by atoms with Gasteiger partial charge in [0.2, 0.25) is 0 Å². The highest BCUT2D eigenvalue weighted by Crippen LogP contribution is 2.07. The van der Waals surface area contributed by atoms with E-state index in [0.717, 1.165) is 0 Å². The van der Waals surface area contributed by atoms with Crippen molar-refractivity contribution in [2.75, 3.05) is 20.8 Å². The quantitative estimate of drug-likeness (QED) is 0.587. The fraction of sp³-hybridized carbons (Fsp3) is 1.00. The van der Waals surface area contributed by atoms with Crippen molar-refractivity contribution in [2.24, 2.45) is 0 Å². The molecule has 0 fully saturated rings. The molecule has 0 heterocycles. The average Bonchev–Trinajstić information content (AvgIpc) is 2.15. The summed E-state index contributed by atoms with van der Waals surface area (Å²) in [5, 5.41) is 9.35. The molecular weight excluding hydrogens is 183 g/mol. The molecule has 0 saturated carbocycles. The molecule has 4 nitrogen and oxygen atoms in total. The van der Waals surface area contributed by atoms with Crippen molar-refractivity contribution in [1.82, 2.24) is 0 Å². The van der Waals surface area contributed by atoms with Crippen LogP contribution in [0.1, 0.15) is 13.8 Å². The number of ether oxygens (including phenoxy) is 3. The first-order valence-corrected chi connectivity index (χ1v) is 4.63. The minimum atomic E-state index is -0.620. The molecule has 0 spiro atoms. The van der Waals surface area contributed by atoms with E-state index in [9.17, 15) is 5.11 Å². The third-order valence-corrected chi connectivity index (χ3v) is 2.04. The lowest BCUT2D eigenvalue weighted by Crippen LogP contribution is -2.39. The van der Waals surface area contributed by atoms with Crippen molar-refractivity contribution in [3.05, 3.63) is 0 Å². The molecule has 4 atom stereocenters. The van der Waals surface area contributed by atoms with E-state index in [-0.39, 0.29) is 6.10 Å². The Hall–Kier alpha value is -0.0951. The van der Waals surface area contributed by atoms with Gasteiger partial charge >= 0.3 is 0 Å². The summed E-state index contributed by atoms with van der Waals surface area (Å²) in [4.78, 5) is 0. The lowest BCUT2D eigenvalue weighted by atomic mass is 9.94. The van der Waals surface area contributed by atoms with Gasteiger partial charge in [0.15, 0.2) is 0 Å². The van der Waals surface area contributed by atoms with E-state index < -0.39 is 18.2 Å². The zero-order valence-electron chi connectivity index (χ0n) is 9.27. The number of methoxy groups -OCH3 is 2. The first-order valence-electron chi connectivity index (χ1n) is 4.63. The van der Waals surface area contributed by atoms with Crippen molar-refractivity contribution in [1.29, 1.82) is 0 Å². The molecule has 2 radical (unpaired) electrons. The highest BCUT2D eigenvalue weighted by molar-refractivity contribution is 6.11. The molecule has 0 aliphatic rings. The van der Waals surface area contributed by atoms with Gasteiger partial charge in [0.05, 0.1) is 18.8 Å². The Kier molecular flexibility index (Phi) is 7.18. The van der Waals surface area contributed by atoms with Gasteiger partial charge in [0.1, 0.15) is 14.0 Å². The maximum atomic E-state index is 9.35. The molecule has 0 amide bonds. The fourth-order valence-electron chi connectivity index (χ4n) is 0.903. The van der Waals surface area contributed by atoms with Gasteiger partial charge in [-0.2, -0.15) is 0 Å². The lowest BCUT2D eigenvalue weighted by Gasteiger charge is -2.27. The summed E-state index contributed by atoms with van der Waals surface area (Å²) in [5.41, 5.74) is 0. The third-order valence-electron chi connectivity index (χ3n) is 2.04. The normalized spacial score (nSPS) is 20.1. The van der Waals surface area contributed by atoms with Crippen LogP contribution in [0.15, 0.2) is 0 Å². The Morgan fingerprint density at radius 2 is 1.86 bits per heavy atom. The van der Waals surface area contributed by atoms with Crippen LogP contribution in [0.4, 0.5) is 0 Å². The zero-order valence-corrected chi connectivity index (χ0v) is 9.27. The SMILES string of the molecule is [B]C(O[C@H](COC)[C@H](C)O)[C@@H](C)OC. The monoisotopic (exact) mass is 202 g/mol. The summed E-state index contributed by atoms with van der Waals surface area (Å²) in [7, 11) is 8.79. The van der Waals surface area contributed by atoms with Crippen LogP contribution >= 0.6 is 0 Å². The Morgan fingerprint density at radius 1 is 1.29 bits per heavy atom. The van der Waals surface area contributed by atoms with Gasteiger partial charge in [-0.3, -0.25) is 0 Å². The Morgan fingerprint density at radius 3 is 2.21 bits per heavy atom. The van der Waals surface area contributed by atoms with Crippen molar-refractivity contribution in [3.63, 3.8) is 0 Å². The number of aliphatic hydroxyl groups is 1. The number of hydrogen-bond acceptors (Lipinski definition) is 4. The summed E-state index contributed by atoms with van der Waals surface area (Å²) in [5.74, 6) is 0. The van der Waals surface area contributed by atoms with E-state index >= 15 is 0 Å². The Labute approximate surface area is 86.9 Å². The molecule has 0 bridgehead atoms. The molecule has 0 aliphatic carbocycles. The van der Waals surface area contributed by atoms with Crippen molar-refractivity contribution in [2.45, 2.75) is 38.2 Å². The topological polar surface area (TPSA) is 47.9 Å².